The molecule has 0 radical (unpaired) electrons. The molecule has 0 N–H and O–H groups in total. The van der Waals surface area contributed by atoms with Crippen LogP contribution in [-0.4, -0.2) is 21.6 Å². The lowest BCUT2D eigenvalue weighted by Gasteiger charge is -2.22. The fraction of sp³-hybridized carbons (Fsp3) is 0.231. The van der Waals surface area contributed by atoms with Gasteiger partial charge < -0.3 is 4.74 Å². The number of aliphatic imine (C=N–C) groups is 1. The molecule has 5 heteroatoms. The van der Waals surface area contributed by atoms with Crippen molar-refractivity contribution in [1.29, 1.82) is 0 Å². The van der Waals surface area contributed by atoms with Crippen LogP contribution in [0.3, 0.4) is 0 Å². The summed E-state index contributed by atoms with van der Waals surface area (Å²) in [6, 6.07) is 33.3. The lowest BCUT2D eigenvalue weighted by atomic mass is 9.87. The first kappa shape index (κ1) is 27.2. The van der Waals surface area contributed by atoms with E-state index in [4.69, 9.17) is 14.7 Å². The van der Waals surface area contributed by atoms with Gasteiger partial charge in [-0.1, -0.05) is 68.4 Å². The van der Waals surface area contributed by atoms with E-state index >= 15 is 0 Å². The molecule has 4 nitrogen and oxygen atoms in total. The summed E-state index contributed by atoms with van der Waals surface area (Å²) in [5, 5.41) is 2.41. The summed E-state index contributed by atoms with van der Waals surface area (Å²) >= 11 is 1.80. The van der Waals surface area contributed by atoms with Gasteiger partial charge in [0.05, 0.1) is 5.52 Å². The molecule has 2 aliphatic rings. The number of fused-ring (bicyclic) bond motifs is 6. The summed E-state index contributed by atoms with van der Waals surface area (Å²) in [4.78, 5) is 12.3. The minimum Gasteiger partial charge on any atom is -0.471 e. The number of rotatable bonds is 4. The number of ether oxygens (including phenoxy) is 1. The molecule has 2 atom stereocenters. The van der Waals surface area contributed by atoms with Gasteiger partial charge in [-0.2, -0.15) is 0 Å². The molecule has 8 rings (SSSR count). The van der Waals surface area contributed by atoms with E-state index in [0.717, 1.165) is 29.2 Å². The molecule has 1 aliphatic heterocycles. The normalized spacial score (nSPS) is 17.5. The number of pyridine rings is 1. The van der Waals surface area contributed by atoms with Gasteiger partial charge >= 0.3 is 0 Å². The van der Waals surface area contributed by atoms with E-state index in [1.807, 2.05) is 12.3 Å². The highest BCUT2D eigenvalue weighted by Gasteiger charge is 2.39. The van der Waals surface area contributed by atoms with Crippen LogP contribution in [0.15, 0.2) is 112 Å². The van der Waals surface area contributed by atoms with Crippen LogP contribution in [0, 0.1) is 13.8 Å². The highest BCUT2D eigenvalue weighted by atomic mass is 32.2. The second kappa shape index (κ2) is 10.1. The van der Waals surface area contributed by atoms with Crippen LogP contribution in [0.25, 0.3) is 27.6 Å². The predicted octanol–water partition coefficient (Wildman–Crippen LogP) is 9.69. The fourth-order valence-electron chi connectivity index (χ4n) is 6.73. The molecule has 1 aliphatic carbocycles. The van der Waals surface area contributed by atoms with Gasteiger partial charge in [0.1, 0.15) is 17.8 Å². The topological polar surface area (TPSA) is 39.4 Å². The van der Waals surface area contributed by atoms with Crippen molar-refractivity contribution in [2.45, 2.75) is 68.4 Å². The summed E-state index contributed by atoms with van der Waals surface area (Å²) in [7, 11) is 0. The Bertz CT molecular complexity index is 2130. The zero-order valence-electron chi connectivity index (χ0n) is 25.8. The second-order valence-corrected chi connectivity index (χ2v) is 14.4. The molecule has 3 heterocycles. The van der Waals surface area contributed by atoms with E-state index in [-0.39, 0.29) is 17.6 Å². The molecule has 0 bridgehead atoms. The Morgan fingerprint density at radius 2 is 1.66 bits per heavy atom. The molecule has 0 fully saturated rings. The van der Waals surface area contributed by atoms with E-state index in [9.17, 15) is 0 Å². The van der Waals surface area contributed by atoms with Gasteiger partial charge in [-0.05, 0) is 102 Å². The van der Waals surface area contributed by atoms with Gasteiger partial charge in [-0.15, -0.1) is 0 Å². The van der Waals surface area contributed by atoms with Gasteiger partial charge in [0, 0.05) is 44.4 Å². The maximum Gasteiger partial charge on any atom is 0.217 e. The first-order chi connectivity index (χ1) is 21.2. The number of aromatic nitrogens is 2. The Morgan fingerprint density at radius 1 is 0.818 bits per heavy atom. The molecule has 0 saturated carbocycles. The van der Waals surface area contributed by atoms with E-state index in [0.29, 0.717) is 0 Å². The van der Waals surface area contributed by atoms with E-state index in [2.05, 4.69) is 124 Å². The Hall–Kier alpha value is -4.35. The van der Waals surface area contributed by atoms with Crippen molar-refractivity contribution in [2.75, 3.05) is 0 Å². The Morgan fingerprint density at radius 3 is 2.52 bits per heavy atom. The monoisotopic (exact) mass is 593 g/mol. The van der Waals surface area contributed by atoms with Crippen LogP contribution in [-0.2, 0) is 16.6 Å². The third-order valence-electron chi connectivity index (χ3n) is 8.90. The Balaban J connectivity index is 1.21. The summed E-state index contributed by atoms with van der Waals surface area (Å²) in [6.07, 6.45) is 2.90. The van der Waals surface area contributed by atoms with Gasteiger partial charge in [-0.25, -0.2) is 9.98 Å². The first-order valence-corrected chi connectivity index (χ1v) is 16.2. The number of aryl methyl sites for hydroxylation is 2. The van der Waals surface area contributed by atoms with Crippen LogP contribution >= 0.6 is 11.8 Å². The summed E-state index contributed by atoms with van der Waals surface area (Å²) in [5.41, 5.74) is 10.7. The fourth-order valence-corrected chi connectivity index (χ4v) is 7.80. The molecular formula is C39H35N3OS. The van der Waals surface area contributed by atoms with Crippen molar-refractivity contribution in [3.63, 3.8) is 0 Å². The van der Waals surface area contributed by atoms with Crippen molar-refractivity contribution < 1.29 is 4.74 Å². The smallest absolute Gasteiger partial charge is 0.217 e. The summed E-state index contributed by atoms with van der Waals surface area (Å²) in [5.74, 6) is 0.760. The van der Waals surface area contributed by atoms with Crippen LogP contribution in [0.4, 0.5) is 0 Å². The maximum absolute atomic E-state index is 6.47. The highest BCUT2D eigenvalue weighted by Crippen LogP contribution is 2.42. The standard InChI is InChI=1S/C39H35N3OS/c1-23-12-13-34-33(17-23)32-11-8-14-40-37(32)42(34)28-20-27(39(3,4)5)21-30(22-28)44-29-16-24(2)15-26(18-29)38-41-36-31-10-7-6-9-25(31)19-35(36)43-38/h6-18,20-22,35-36H,19H2,1-5H3/t35-,36+/m0/s1. The van der Waals surface area contributed by atoms with Crippen LogP contribution in [0.1, 0.15) is 60.2 Å². The third kappa shape index (κ3) is 4.62. The molecule has 6 aromatic rings. The van der Waals surface area contributed by atoms with Crippen molar-refractivity contribution in [2.24, 2.45) is 4.99 Å². The van der Waals surface area contributed by atoms with Crippen LogP contribution < -0.4 is 0 Å². The number of hydrogen-bond acceptors (Lipinski definition) is 4. The lowest BCUT2D eigenvalue weighted by molar-refractivity contribution is 0.206. The molecule has 0 unspecified atom stereocenters. The van der Waals surface area contributed by atoms with Crippen LogP contribution in [0.5, 0.6) is 0 Å². The van der Waals surface area contributed by atoms with E-state index < -0.39 is 0 Å². The van der Waals surface area contributed by atoms with Gasteiger partial charge in [0.15, 0.2) is 0 Å². The highest BCUT2D eigenvalue weighted by molar-refractivity contribution is 7.99. The average Bonchev–Trinajstić information content (AvgIpc) is 3.66. The van der Waals surface area contributed by atoms with E-state index in [1.54, 1.807) is 11.8 Å². The third-order valence-corrected chi connectivity index (χ3v) is 9.84. The van der Waals surface area contributed by atoms with E-state index in [1.165, 1.54) is 53.9 Å². The summed E-state index contributed by atoms with van der Waals surface area (Å²) < 4.78 is 8.79. The Labute approximate surface area is 262 Å². The quantitative estimate of drug-likeness (QED) is 0.204. The summed E-state index contributed by atoms with van der Waals surface area (Å²) in [6.45, 7) is 11.1. The molecule has 44 heavy (non-hydrogen) atoms. The zero-order chi connectivity index (χ0) is 30.2. The van der Waals surface area contributed by atoms with Crippen molar-refractivity contribution in [1.82, 2.24) is 9.55 Å². The number of hydrogen-bond donors (Lipinski definition) is 0. The van der Waals surface area contributed by atoms with Gasteiger partial charge in [0.2, 0.25) is 5.90 Å². The molecular weight excluding hydrogens is 559 g/mol. The van der Waals surface area contributed by atoms with Crippen molar-refractivity contribution in [3.05, 3.63) is 131 Å². The van der Waals surface area contributed by atoms with Gasteiger partial charge in [0.25, 0.3) is 0 Å². The molecule has 218 valence electrons. The minimum atomic E-state index is -0.0215. The Kier molecular flexibility index (Phi) is 6.25. The molecule has 2 aromatic heterocycles. The largest absolute Gasteiger partial charge is 0.471 e. The minimum absolute atomic E-state index is 0.0215. The zero-order valence-corrected chi connectivity index (χ0v) is 26.6. The first-order valence-electron chi connectivity index (χ1n) is 15.4. The lowest BCUT2D eigenvalue weighted by Crippen LogP contribution is -2.13. The number of nitrogens with zero attached hydrogens (tertiary/aromatic N) is 3. The molecule has 4 aromatic carbocycles. The van der Waals surface area contributed by atoms with Crippen LogP contribution in [0.2, 0.25) is 0 Å². The molecule has 0 amide bonds. The maximum atomic E-state index is 6.47. The molecule has 0 spiro atoms. The van der Waals surface area contributed by atoms with Gasteiger partial charge in [-0.3, -0.25) is 4.57 Å². The second-order valence-electron chi connectivity index (χ2n) is 13.3. The number of benzene rings is 4. The predicted molar refractivity (Wildman–Crippen MR) is 182 cm³/mol. The van der Waals surface area contributed by atoms with Crippen molar-refractivity contribution >= 4 is 39.6 Å². The molecule has 0 saturated heterocycles. The van der Waals surface area contributed by atoms with Crippen molar-refractivity contribution in [3.8, 4) is 5.69 Å². The average molecular weight is 594 g/mol. The SMILES string of the molecule is Cc1cc(Sc2cc(-n3c4ccc(C)cc4c4cccnc43)cc(C(C)(C)C)c2)cc(C2=N[C@@H]3c4ccccc4C[C@@H]3O2)c1.